The van der Waals surface area contributed by atoms with Crippen molar-refractivity contribution in [2.24, 2.45) is 5.92 Å². The molecule has 1 heterocycles. The topological polar surface area (TPSA) is 71.4 Å². The Morgan fingerprint density at radius 1 is 0.857 bits per heavy atom. The minimum absolute atomic E-state index is 0.303. The number of carbonyl (C=O) groups is 1. The van der Waals surface area contributed by atoms with Crippen molar-refractivity contribution >= 4 is 15.8 Å². The highest BCUT2D eigenvalue weighted by molar-refractivity contribution is 7.91. The van der Waals surface area contributed by atoms with E-state index in [4.69, 9.17) is 5.11 Å². The molecule has 0 unspecified atom stereocenters. The van der Waals surface area contributed by atoms with Gasteiger partial charge in [-0.05, 0) is 25.2 Å². The summed E-state index contributed by atoms with van der Waals surface area (Å²) in [6.45, 7) is 0. The van der Waals surface area contributed by atoms with Crippen LogP contribution in [0.2, 0.25) is 0 Å². The third-order valence-electron chi connectivity index (χ3n) is 4.43. The van der Waals surface area contributed by atoms with Crippen LogP contribution in [0.25, 0.3) is 0 Å². The fourth-order valence-corrected chi connectivity index (χ4v) is 4.59. The summed E-state index contributed by atoms with van der Waals surface area (Å²) in [6, 6.07) is 0. The van der Waals surface area contributed by atoms with E-state index in [0.717, 1.165) is 32.1 Å². The van der Waals surface area contributed by atoms with Gasteiger partial charge in [-0.15, -0.1) is 0 Å². The van der Waals surface area contributed by atoms with Gasteiger partial charge < -0.3 is 5.11 Å². The Labute approximate surface area is 129 Å². The molecule has 0 aromatic rings. The van der Waals surface area contributed by atoms with Crippen LogP contribution in [-0.2, 0) is 14.6 Å². The Balaban J connectivity index is 1.84. The molecule has 0 aromatic carbocycles. The first-order chi connectivity index (χ1) is 9.99. The third-order valence-corrected chi connectivity index (χ3v) is 6.14. The van der Waals surface area contributed by atoms with Crippen LogP contribution in [-0.4, -0.2) is 31.0 Å². The minimum Gasteiger partial charge on any atom is -0.481 e. The van der Waals surface area contributed by atoms with Crippen molar-refractivity contribution in [2.75, 3.05) is 11.5 Å². The lowest BCUT2D eigenvalue weighted by molar-refractivity contribution is -0.137. The Hall–Kier alpha value is -0.580. The monoisotopic (exact) mass is 318 g/mol. The quantitative estimate of drug-likeness (QED) is 0.588. The van der Waals surface area contributed by atoms with Gasteiger partial charge in [0, 0.05) is 6.42 Å². The number of hydrogen-bond acceptors (Lipinski definition) is 3. The molecule has 1 aliphatic heterocycles. The van der Waals surface area contributed by atoms with Gasteiger partial charge in [0.1, 0.15) is 9.84 Å². The van der Waals surface area contributed by atoms with Crippen molar-refractivity contribution < 1.29 is 18.3 Å². The molecular weight excluding hydrogens is 288 g/mol. The van der Waals surface area contributed by atoms with E-state index in [0.29, 0.717) is 23.8 Å². The van der Waals surface area contributed by atoms with Gasteiger partial charge in [0.15, 0.2) is 0 Å². The maximum atomic E-state index is 11.3. The van der Waals surface area contributed by atoms with Crippen molar-refractivity contribution in [3.63, 3.8) is 0 Å². The van der Waals surface area contributed by atoms with E-state index in [1.807, 2.05) is 0 Å². The normalized spacial score (nSPS) is 18.7. The number of sulfone groups is 1. The Morgan fingerprint density at radius 3 is 1.86 bits per heavy atom. The van der Waals surface area contributed by atoms with Crippen molar-refractivity contribution in [2.45, 2.75) is 77.0 Å². The first-order valence-corrected chi connectivity index (χ1v) is 10.2. The Bertz CT molecular complexity index is 375. The van der Waals surface area contributed by atoms with Crippen LogP contribution < -0.4 is 0 Å². The fourth-order valence-electron chi connectivity index (χ4n) is 3.00. The van der Waals surface area contributed by atoms with Gasteiger partial charge in [-0.2, -0.15) is 0 Å². The number of carboxylic acid groups (broad SMARTS) is 1. The first kappa shape index (κ1) is 18.5. The molecule has 0 saturated carbocycles. The van der Waals surface area contributed by atoms with Crippen LogP contribution in [0.1, 0.15) is 77.0 Å². The van der Waals surface area contributed by atoms with E-state index < -0.39 is 15.8 Å². The van der Waals surface area contributed by atoms with Crippen LogP contribution in [0.4, 0.5) is 0 Å². The molecule has 1 rings (SSSR count). The zero-order chi connectivity index (χ0) is 15.6. The maximum absolute atomic E-state index is 11.3. The van der Waals surface area contributed by atoms with Gasteiger partial charge in [0.2, 0.25) is 0 Å². The summed E-state index contributed by atoms with van der Waals surface area (Å²) in [6.07, 6.45) is 12.4. The van der Waals surface area contributed by atoms with Crippen molar-refractivity contribution in [3.05, 3.63) is 0 Å². The smallest absolute Gasteiger partial charge is 0.303 e. The summed E-state index contributed by atoms with van der Waals surface area (Å²) in [4.78, 5) is 10.3. The number of unbranched alkanes of at least 4 members (excludes halogenated alkanes) is 7. The molecule has 5 heteroatoms. The molecule has 4 nitrogen and oxygen atoms in total. The fraction of sp³-hybridized carbons (Fsp3) is 0.938. The highest BCUT2D eigenvalue weighted by Gasteiger charge is 2.22. The van der Waals surface area contributed by atoms with E-state index in [9.17, 15) is 13.2 Å². The van der Waals surface area contributed by atoms with Gasteiger partial charge in [-0.1, -0.05) is 51.4 Å². The molecule has 0 atom stereocenters. The molecule has 1 aliphatic rings. The van der Waals surface area contributed by atoms with Gasteiger partial charge in [0.05, 0.1) is 11.5 Å². The predicted octanol–water partition coefficient (Wildman–Crippen LogP) is 3.80. The van der Waals surface area contributed by atoms with Crippen molar-refractivity contribution in [1.82, 2.24) is 0 Å². The lowest BCUT2D eigenvalue weighted by Gasteiger charge is -2.21. The summed E-state index contributed by atoms with van der Waals surface area (Å²) >= 11 is 0. The highest BCUT2D eigenvalue weighted by Crippen LogP contribution is 2.24. The first-order valence-electron chi connectivity index (χ1n) is 8.42. The highest BCUT2D eigenvalue weighted by atomic mass is 32.2. The lowest BCUT2D eigenvalue weighted by atomic mass is 9.95. The molecule has 0 aliphatic carbocycles. The molecule has 0 spiro atoms. The van der Waals surface area contributed by atoms with Crippen molar-refractivity contribution in [1.29, 1.82) is 0 Å². The van der Waals surface area contributed by atoms with Crippen molar-refractivity contribution in [3.8, 4) is 0 Å². The van der Waals surface area contributed by atoms with Crippen LogP contribution in [0.3, 0.4) is 0 Å². The van der Waals surface area contributed by atoms with Gasteiger partial charge in [0.25, 0.3) is 0 Å². The standard InChI is InChI=1S/C16H30O4S/c17-16(18)10-8-6-4-2-1-3-5-7-9-15-11-13-21(19,20)14-12-15/h15H,1-14H2,(H,17,18). The molecule has 1 N–H and O–H groups in total. The summed E-state index contributed by atoms with van der Waals surface area (Å²) in [5.74, 6) is 0.734. The Morgan fingerprint density at radius 2 is 1.33 bits per heavy atom. The van der Waals surface area contributed by atoms with Crippen LogP contribution >= 0.6 is 0 Å². The van der Waals surface area contributed by atoms with Crippen LogP contribution in [0.5, 0.6) is 0 Å². The lowest BCUT2D eigenvalue weighted by Crippen LogP contribution is -2.23. The van der Waals surface area contributed by atoms with E-state index in [1.165, 1.54) is 38.5 Å². The van der Waals surface area contributed by atoms with Crippen LogP contribution in [0, 0.1) is 5.92 Å². The van der Waals surface area contributed by atoms with E-state index in [2.05, 4.69) is 0 Å². The molecule has 1 fully saturated rings. The number of hydrogen-bond donors (Lipinski definition) is 1. The predicted molar refractivity (Wildman–Crippen MR) is 85.2 cm³/mol. The summed E-state index contributed by atoms with van der Waals surface area (Å²) in [5, 5.41) is 8.52. The summed E-state index contributed by atoms with van der Waals surface area (Å²) in [7, 11) is -2.71. The summed E-state index contributed by atoms with van der Waals surface area (Å²) < 4.78 is 22.6. The molecule has 0 bridgehead atoms. The zero-order valence-corrected chi connectivity index (χ0v) is 13.9. The molecule has 0 amide bonds. The average Bonchev–Trinajstić information content (AvgIpc) is 2.42. The Kier molecular flexibility index (Phi) is 8.97. The second-order valence-corrected chi connectivity index (χ2v) is 8.66. The third kappa shape index (κ3) is 9.88. The van der Waals surface area contributed by atoms with Gasteiger partial charge in [-0.25, -0.2) is 8.42 Å². The average molecular weight is 318 g/mol. The van der Waals surface area contributed by atoms with E-state index in [-0.39, 0.29) is 0 Å². The maximum Gasteiger partial charge on any atom is 0.303 e. The molecule has 0 radical (unpaired) electrons. The van der Waals surface area contributed by atoms with Crippen LogP contribution in [0.15, 0.2) is 0 Å². The molecule has 0 aromatic heterocycles. The van der Waals surface area contributed by atoms with E-state index in [1.54, 1.807) is 0 Å². The number of rotatable bonds is 11. The second kappa shape index (κ2) is 10.2. The SMILES string of the molecule is O=C(O)CCCCCCCCCCC1CCS(=O)(=O)CC1. The number of aliphatic carboxylic acids is 1. The summed E-state index contributed by atoms with van der Waals surface area (Å²) in [5.41, 5.74) is 0. The second-order valence-electron chi connectivity index (χ2n) is 6.36. The van der Waals surface area contributed by atoms with E-state index >= 15 is 0 Å². The zero-order valence-electron chi connectivity index (χ0n) is 13.1. The largest absolute Gasteiger partial charge is 0.481 e. The molecule has 1 saturated heterocycles. The van der Waals surface area contributed by atoms with Gasteiger partial charge >= 0.3 is 5.97 Å². The molecular formula is C16H30O4S. The molecule has 124 valence electrons. The molecule has 21 heavy (non-hydrogen) atoms. The number of carboxylic acids is 1. The minimum atomic E-state index is -2.71. The van der Waals surface area contributed by atoms with Gasteiger partial charge in [-0.3, -0.25) is 4.79 Å².